The molecule has 1 atom stereocenters. The number of terminal acetylenes is 1. The van der Waals surface area contributed by atoms with E-state index in [-0.39, 0.29) is 6.04 Å². The molecule has 98 valence electrons. The molecule has 0 aliphatic heterocycles. The van der Waals surface area contributed by atoms with Crippen LogP contribution in [0.4, 0.5) is 13.2 Å². The van der Waals surface area contributed by atoms with Crippen LogP contribution in [-0.2, 0) is 6.18 Å². The highest BCUT2D eigenvalue weighted by atomic mass is 19.4. The summed E-state index contributed by atoms with van der Waals surface area (Å²) >= 11 is 0. The second-order valence-corrected chi connectivity index (χ2v) is 4.06. The van der Waals surface area contributed by atoms with E-state index in [0.29, 0.717) is 6.42 Å². The Bertz CT molecular complexity index is 401. The fourth-order valence-corrected chi connectivity index (χ4v) is 1.79. The number of unbranched alkanes of at least 4 members (excludes halogenated alkanes) is 1. The summed E-state index contributed by atoms with van der Waals surface area (Å²) < 4.78 is 37.2. The third-order valence-corrected chi connectivity index (χ3v) is 2.80. The van der Waals surface area contributed by atoms with Gasteiger partial charge >= 0.3 is 6.18 Å². The van der Waals surface area contributed by atoms with Crippen LogP contribution in [0.25, 0.3) is 0 Å². The first-order chi connectivity index (χ1) is 8.49. The quantitative estimate of drug-likeness (QED) is 0.624. The molecule has 4 heteroatoms. The highest BCUT2D eigenvalue weighted by Gasteiger charge is 2.30. The van der Waals surface area contributed by atoms with Crippen LogP contribution in [0.15, 0.2) is 24.3 Å². The molecule has 0 radical (unpaired) electrons. The van der Waals surface area contributed by atoms with Gasteiger partial charge in [-0.25, -0.2) is 0 Å². The first-order valence-electron chi connectivity index (χ1n) is 5.77. The van der Waals surface area contributed by atoms with Gasteiger partial charge in [-0.2, -0.15) is 13.2 Å². The zero-order valence-corrected chi connectivity index (χ0v) is 10.2. The van der Waals surface area contributed by atoms with Crippen molar-refractivity contribution in [1.82, 2.24) is 5.32 Å². The Morgan fingerprint density at radius 2 is 1.89 bits per heavy atom. The van der Waals surface area contributed by atoms with Gasteiger partial charge in [0.2, 0.25) is 0 Å². The molecular weight excluding hydrogens is 239 g/mol. The van der Waals surface area contributed by atoms with Gasteiger partial charge in [-0.05, 0) is 37.6 Å². The van der Waals surface area contributed by atoms with Crippen molar-refractivity contribution in [2.45, 2.75) is 31.5 Å². The Morgan fingerprint density at radius 1 is 1.28 bits per heavy atom. The average Bonchev–Trinajstić information content (AvgIpc) is 2.34. The number of alkyl halides is 3. The highest BCUT2D eigenvalue weighted by molar-refractivity contribution is 5.26. The smallest absolute Gasteiger partial charge is 0.313 e. The molecular formula is C14H16F3N. The van der Waals surface area contributed by atoms with E-state index in [4.69, 9.17) is 6.42 Å². The normalized spacial score (nSPS) is 13.1. The summed E-state index contributed by atoms with van der Waals surface area (Å²) in [7, 11) is 1.79. The average molecular weight is 255 g/mol. The third kappa shape index (κ3) is 4.08. The number of benzene rings is 1. The first kappa shape index (κ1) is 14.6. The van der Waals surface area contributed by atoms with Crippen molar-refractivity contribution in [3.63, 3.8) is 0 Å². The van der Waals surface area contributed by atoms with Crippen LogP contribution in [-0.4, -0.2) is 7.05 Å². The molecule has 1 nitrogen and oxygen atoms in total. The largest absolute Gasteiger partial charge is 0.416 e. The van der Waals surface area contributed by atoms with Crippen molar-refractivity contribution in [2.24, 2.45) is 0 Å². The Balaban J connectivity index is 2.73. The minimum atomic E-state index is -4.28. The number of nitrogens with one attached hydrogen (secondary N) is 1. The van der Waals surface area contributed by atoms with Crippen LogP contribution >= 0.6 is 0 Å². The lowest BCUT2D eigenvalue weighted by atomic mass is 10.00. The zero-order valence-electron chi connectivity index (χ0n) is 10.2. The third-order valence-electron chi connectivity index (χ3n) is 2.80. The summed E-state index contributed by atoms with van der Waals surface area (Å²) in [6.45, 7) is 0. The van der Waals surface area contributed by atoms with Gasteiger partial charge in [-0.1, -0.05) is 12.1 Å². The van der Waals surface area contributed by atoms with E-state index in [1.807, 2.05) is 0 Å². The molecule has 0 heterocycles. The van der Waals surface area contributed by atoms with Gasteiger partial charge in [0.25, 0.3) is 0 Å². The van der Waals surface area contributed by atoms with Crippen LogP contribution in [0.3, 0.4) is 0 Å². The highest BCUT2D eigenvalue weighted by Crippen LogP contribution is 2.30. The maximum atomic E-state index is 12.4. The van der Waals surface area contributed by atoms with Crippen molar-refractivity contribution in [3.05, 3.63) is 35.4 Å². The maximum Gasteiger partial charge on any atom is 0.416 e. The Morgan fingerprint density at radius 3 is 2.33 bits per heavy atom. The summed E-state index contributed by atoms with van der Waals surface area (Å²) in [5.41, 5.74) is 0.229. The monoisotopic (exact) mass is 255 g/mol. The number of hydrogen-bond donors (Lipinski definition) is 1. The van der Waals surface area contributed by atoms with Crippen LogP contribution in [0.1, 0.15) is 36.4 Å². The first-order valence-corrected chi connectivity index (χ1v) is 5.77. The Kier molecular flexibility index (Phi) is 5.24. The van der Waals surface area contributed by atoms with Crippen LogP contribution in [0, 0.1) is 12.3 Å². The summed E-state index contributed by atoms with van der Waals surface area (Å²) in [5.74, 6) is 2.55. The Hall–Kier alpha value is -1.47. The molecule has 0 aromatic heterocycles. The molecule has 1 unspecified atom stereocenters. The summed E-state index contributed by atoms with van der Waals surface area (Å²) in [5, 5.41) is 3.09. The number of rotatable bonds is 5. The van der Waals surface area contributed by atoms with Gasteiger partial charge in [-0.15, -0.1) is 12.3 Å². The van der Waals surface area contributed by atoms with Crippen LogP contribution < -0.4 is 5.32 Å². The molecule has 0 amide bonds. The predicted octanol–water partition coefficient (Wildman–Crippen LogP) is 3.77. The van der Waals surface area contributed by atoms with Crippen LogP contribution in [0.2, 0.25) is 0 Å². The van der Waals surface area contributed by atoms with E-state index in [1.54, 1.807) is 7.05 Å². The number of halogens is 3. The molecule has 1 aromatic rings. The molecule has 0 aliphatic carbocycles. The summed E-state index contributed by atoms with van der Waals surface area (Å²) in [4.78, 5) is 0. The molecule has 1 N–H and O–H groups in total. The van der Waals surface area contributed by atoms with Crippen molar-refractivity contribution in [3.8, 4) is 12.3 Å². The molecule has 0 saturated heterocycles. The fourth-order valence-electron chi connectivity index (χ4n) is 1.79. The van der Waals surface area contributed by atoms with E-state index < -0.39 is 11.7 Å². The van der Waals surface area contributed by atoms with E-state index in [1.165, 1.54) is 12.1 Å². The van der Waals surface area contributed by atoms with Gasteiger partial charge in [0.1, 0.15) is 0 Å². The molecule has 18 heavy (non-hydrogen) atoms. The molecule has 0 aliphatic rings. The Labute approximate surface area is 105 Å². The summed E-state index contributed by atoms with van der Waals surface area (Å²) in [6, 6.07) is 5.29. The van der Waals surface area contributed by atoms with E-state index in [0.717, 1.165) is 30.5 Å². The minimum absolute atomic E-state index is 0.0423. The molecule has 0 saturated carbocycles. The zero-order chi connectivity index (χ0) is 13.6. The van der Waals surface area contributed by atoms with Gasteiger partial charge in [-0.3, -0.25) is 0 Å². The van der Waals surface area contributed by atoms with Gasteiger partial charge in [0.05, 0.1) is 5.56 Å². The molecule has 0 fully saturated rings. The topological polar surface area (TPSA) is 12.0 Å². The lowest BCUT2D eigenvalue weighted by Gasteiger charge is -2.17. The van der Waals surface area contributed by atoms with Crippen molar-refractivity contribution < 1.29 is 13.2 Å². The second kappa shape index (κ2) is 6.46. The fraction of sp³-hybridized carbons (Fsp3) is 0.429. The van der Waals surface area contributed by atoms with E-state index in [9.17, 15) is 13.2 Å². The van der Waals surface area contributed by atoms with E-state index >= 15 is 0 Å². The molecule has 0 bridgehead atoms. The minimum Gasteiger partial charge on any atom is -0.313 e. The SMILES string of the molecule is C#CCCCC(NC)c1ccc(C(F)(F)F)cc1. The number of hydrogen-bond acceptors (Lipinski definition) is 1. The van der Waals surface area contributed by atoms with Gasteiger partial charge < -0.3 is 5.32 Å². The summed E-state index contributed by atoms with van der Waals surface area (Å²) in [6.07, 6.45) is 3.23. The second-order valence-electron chi connectivity index (χ2n) is 4.06. The van der Waals surface area contributed by atoms with Crippen LogP contribution in [0.5, 0.6) is 0 Å². The predicted molar refractivity (Wildman–Crippen MR) is 65.9 cm³/mol. The maximum absolute atomic E-state index is 12.4. The lowest BCUT2D eigenvalue weighted by Crippen LogP contribution is -2.16. The van der Waals surface area contributed by atoms with Gasteiger partial charge in [0.15, 0.2) is 0 Å². The van der Waals surface area contributed by atoms with Crippen molar-refractivity contribution in [1.29, 1.82) is 0 Å². The van der Waals surface area contributed by atoms with Crippen molar-refractivity contribution >= 4 is 0 Å². The molecule has 0 spiro atoms. The van der Waals surface area contributed by atoms with E-state index in [2.05, 4.69) is 11.2 Å². The van der Waals surface area contributed by atoms with Crippen molar-refractivity contribution in [2.75, 3.05) is 7.05 Å². The molecule has 1 aromatic carbocycles. The standard InChI is InChI=1S/C14H16F3N/c1-3-4-5-6-13(18-2)11-7-9-12(10-8-11)14(15,16)17/h1,7-10,13,18H,4-6H2,2H3. The van der Waals surface area contributed by atoms with Gasteiger partial charge in [0, 0.05) is 12.5 Å². The lowest BCUT2D eigenvalue weighted by molar-refractivity contribution is -0.137. The molecule has 1 rings (SSSR count).